The highest BCUT2D eigenvalue weighted by Gasteiger charge is 2.32. The molecule has 0 bridgehead atoms. The van der Waals surface area contributed by atoms with Crippen LogP contribution in [0.2, 0.25) is 0 Å². The predicted octanol–water partition coefficient (Wildman–Crippen LogP) is 2.78. The summed E-state index contributed by atoms with van der Waals surface area (Å²) in [5, 5.41) is 6.43. The van der Waals surface area contributed by atoms with Crippen molar-refractivity contribution in [3.63, 3.8) is 0 Å². The third-order valence-electron chi connectivity index (χ3n) is 5.91. The van der Waals surface area contributed by atoms with E-state index in [1.165, 1.54) is 36.4 Å². The van der Waals surface area contributed by atoms with Gasteiger partial charge in [-0.25, -0.2) is 23.1 Å². The Kier molecular flexibility index (Phi) is 6.51. The molecule has 0 unspecified atom stereocenters. The van der Waals surface area contributed by atoms with Crippen LogP contribution in [0.3, 0.4) is 0 Å². The summed E-state index contributed by atoms with van der Waals surface area (Å²) in [6.07, 6.45) is 9.22. The Balaban J connectivity index is 1.68. The molecule has 4 rings (SSSR count). The molecule has 1 aliphatic rings. The second-order valence-corrected chi connectivity index (χ2v) is 10.2. The van der Waals surface area contributed by atoms with Gasteiger partial charge >= 0.3 is 0 Å². The SMILES string of the molecule is CNC(=O)c1ccc(Oc2cc(C3(C)CCCCC3)nc(NS(=O)(=O)c3cnn(C)c3)n2)cn1. The number of rotatable bonds is 7. The molecule has 3 aromatic heterocycles. The lowest BCUT2D eigenvalue weighted by Gasteiger charge is -2.33. The quantitative estimate of drug-likeness (QED) is 0.520. The van der Waals surface area contributed by atoms with Crippen LogP contribution in [0.4, 0.5) is 5.95 Å². The van der Waals surface area contributed by atoms with Crippen LogP contribution in [0.5, 0.6) is 11.6 Å². The number of hydrogen-bond acceptors (Lipinski definition) is 8. The van der Waals surface area contributed by atoms with Gasteiger partial charge in [0.15, 0.2) is 0 Å². The Morgan fingerprint density at radius 3 is 2.53 bits per heavy atom. The normalized spacial score (nSPS) is 15.5. The number of carbonyl (C=O) groups is 1. The van der Waals surface area contributed by atoms with Gasteiger partial charge in [-0.2, -0.15) is 10.1 Å². The monoisotopic (exact) mass is 485 g/mol. The highest BCUT2D eigenvalue weighted by molar-refractivity contribution is 7.92. The number of carbonyl (C=O) groups excluding carboxylic acids is 1. The Morgan fingerprint density at radius 2 is 1.91 bits per heavy atom. The van der Waals surface area contributed by atoms with Crippen LogP contribution in [0.25, 0.3) is 0 Å². The van der Waals surface area contributed by atoms with Crippen molar-refractivity contribution in [3.8, 4) is 11.6 Å². The zero-order chi connectivity index (χ0) is 24.3. The van der Waals surface area contributed by atoms with E-state index in [0.717, 1.165) is 32.1 Å². The van der Waals surface area contributed by atoms with Gasteiger partial charge in [0.25, 0.3) is 15.9 Å². The van der Waals surface area contributed by atoms with Crippen molar-refractivity contribution in [1.29, 1.82) is 0 Å². The van der Waals surface area contributed by atoms with Crippen molar-refractivity contribution >= 4 is 21.9 Å². The molecular weight excluding hydrogens is 458 g/mol. The Morgan fingerprint density at radius 1 is 1.15 bits per heavy atom. The number of ether oxygens (including phenoxy) is 1. The van der Waals surface area contributed by atoms with Crippen LogP contribution in [0.1, 0.15) is 55.2 Å². The summed E-state index contributed by atoms with van der Waals surface area (Å²) < 4.78 is 35.4. The summed E-state index contributed by atoms with van der Waals surface area (Å²) >= 11 is 0. The lowest BCUT2D eigenvalue weighted by Crippen LogP contribution is -2.27. The van der Waals surface area contributed by atoms with Crippen molar-refractivity contribution in [3.05, 3.63) is 48.2 Å². The molecule has 1 saturated carbocycles. The maximum atomic E-state index is 12.8. The third-order valence-corrected chi connectivity index (χ3v) is 7.20. The van der Waals surface area contributed by atoms with Crippen molar-refractivity contribution in [2.75, 3.05) is 11.8 Å². The molecule has 1 fully saturated rings. The fraction of sp³-hybridized carbons (Fsp3) is 0.409. The van der Waals surface area contributed by atoms with Crippen LogP contribution in [0.15, 0.2) is 41.7 Å². The fourth-order valence-electron chi connectivity index (χ4n) is 3.96. The van der Waals surface area contributed by atoms with Gasteiger partial charge in [-0.3, -0.25) is 9.48 Å². The Labute approximate surface area is 198 Å². The second kappa shape index (κ2) is 9.37. The smallest absolute Gasteiger partial charge is 0.269 e. The maximum absolute atomic E-state index is 12.8. The molecule has 1 amide bonds. The van der Waals surface area contributed by atoms with Crippen LogP contribution in [0, 0.1) is 0 Å². The Bertz CT molecular complexity index is 1280. The van der Waals surface area contributed by atoms with Gasteiger partial charge in [0, 0.05) is 31.8 Å². The van der Waals surface area contributed by atoms with Gasteiger partial charge in [-0.05, 0) is 25.0 Å². The Hall–Kier alpha value is -3.54. The van der Waals surface area contributed by atoms with E-state index in [1.807, 2.05) is 0 Å². The predicted molar refractivity (Wildman–Crippen MR) is 124 cm³/mol. The standard InChI is InChI=1S/C22H27N7O4S/c1-22(9-5-4-6-10-22)18-11-19(33-15-7-8-17(24-12-15)20(30)23-2)27-21(26-18)28-34(31,32)16-13-25-29(3)14-16/h7-8,11-14H,4-6,9-10H2,1-3H3,(H,23,30)(H,26,27,28). The number of aromatic nitrogens is 5. The van der Waals surface area contributed by atoms with E-state index in [1.54, 1.807) is 19.2 Å². The summed E-state index contributed by atoms with van der Waals surface area (Å²) in [6.45, 7) is 2.12. The molecule has 180 valence electrons. The molecule has 0 saturated heterocycles. The molecule has 3 aromatic rings. The maximum Gasteiger partial charge on any atom is 0.269 e. The number of sulfonamides is 1. The lowest BCUT2D eigenvalue weighted by atomic mass is 9.73. The first-order chi connectivity index (χ1) is 16.2. The molecule has 2 N–H and O–H groups in total. The molecule has 0 aliphatic heterocycles. The third kappa shape index (κ3) is 5.16. The van der Waals surface area contributed by atoms with E-state index in [4.69, 9.17) is 4.74 Å². The van der Waals surface area contributed by atoms with Crippen molar-refractivity contribution in [2.24, 2.45) is 7.05 Å². The number of nitrogens with zero attached hydrogens (tertiary/aromatic N) is 5. The van der Waals surface area contributed by atoms with Crippen LogP contribution >= 0.6 is 0 Å². The van der Waals surface area contributed by atoms with Gasteiger partial charge in [0.1, 0.15) is 16.3 Å². The van der Waals surface area contributed by atoms with E-state index in [2.05, 4.69) is 37.0 Å². The van der Waals surface area contributed by atoms with Gasteiger partial charge in [-0.1, -0.05) is 26.2 Å². The second-order valence-electron chi connectivity index (χ2n) is 8.55. The zero-order valence-electron chi connectivity index (χ0n) is 19.3. The molecule has 0 radical (unpaired) electrons. The molecule has 11 nitrogen and oxygen atoms in total. The highest BCUT2D eigenvalue weighted by atomic mass is 32.2. The molecular formula is C22H27N7O4S. The van der Waals surface area contributed by atoms with Crippen LogP contribution < -0.4 is 14.8 Å². The van der Waals surface area contributed by atoms with Crippen molar-refractivity contribution in [1.82, 2.24) is 30.0 Å². The molecule has 12 heteroatoms. The molecule has 0 aromatic carbocycles. The summed E-state index contributed by atoms with van der Waals surface area (Å²) in [7, 11) is -0.779. The van der Waals surface area contributed by atoms with E-state index in [-0.39, 0.29) is 33.7 Å². The first kappa shape index (κ1) is 23.6. The van der Waals surface area contributed by atoms with Crippen LogP contribution in [-0.2, 0) is 22.5 Å². The molecule has 0 spiro atoms. The minimum atomic E-state index is -3.94. The number of nitrogens with one attached hydrogen (secondary N) is 2. The van der Waals surface area contributed by atoms with Crippen molar-refractivity contribution < 1.29 is 17.9 Å². The minimum Gasteiger partial charge on any atom is -0.437 e. The number of anilines is 1. The van der Waals surface area contributed by atoms with Gasteiger partial charge in [0.05, 0.1) is 18.1 Å². The molecule has 0 atom stereocenters. The minimum absolute atomic E-state index is 0.00402. The van der Waals surface area contributed by atoms with Gasteiger partial charge in [-0.15, -0.1) is 0 Å². The average Bonchev–Trinajstić information content (AvgIpc) is 3.26. The van der Waals surface area contributed by atoms with E-state index >= 15 is 0 Å². The summed E-state index contributed by atoms with van der Waals surface area (Å²) in [5.41, 5.74) is 0.726. The van der Waals surface area contributed by atoms with Gasteiger partial charge < -0.3 is 10.1 Å². The van der Waals surface area contributed by atoms with E-state index < -0.39 is 10.0 Å². The van der Waals surface area contributed by atoms with Crippen LogP contribution in [-0.4, -0.2) is 46.1 Å². The van der Waals surface area contributed by atoms with Gasteiger partial charge in [0.2, 0.25) is 11.8 Å². The largest absolute Gasteiger partial charge is 0.437 e. The topological polar surface area (TPSA) is 141 Å². The first-order valence-corrected chi connectivity index (χ1v) is 12.4. The van der Waals surface area contributed by atoms with E-state index in [9.17, 15) is 13.2 Å². The number of pyridine rings is 1. The molecule has 3 heterocycles. The summed E-state index contributed by atoms with van der Waals surface area (Å²) in [6, 6.07) is 4.87. The summed E-state index contributed by atoms with van der Waals surface area (Å²) in [4.78, 5) is 24.7. The first-order valence-electron chi connectivity index (χ1n) is 11.0. The lowest BCUT2D eigenvalue weighted by molar-refractivity contribution is 0.0958. The fourth-order valence-corrected chi connectivity index (χ4v) is 4.89. The average molecular weight is 486 g/mol. The summed E-state index contributed by atoms with van der Waals surface area (Å²) in [5.74, 6) is 0.133. The van der Waals surface area contributed by atoms with E-state index in [0.29, 0.717) is 11.4 Å². The number of amides is 1. The zero-order valence-corrected chi connectivity index (χ0v) is 20.1. The number of hydrogen-bond donors (Lipinski definition) is 2. The van der Waals surface area contributed by atoms with Crippen molar-refractivity contribution in [2.45, 2.75) is 49.3 Å². The number of aryl methyl sites for hydroxylation is 1. The molecule has 34 heavy (non-hydrogen) atoms. The molecule has 1 aliphatic carbocycles. The highest BCUT2D eigenvalue weighted by Crippen LogP contribution is 2.39.